The van der Waals surface area contributed by atoms with E-state index in [9.17, 15) is 15.0 Å². The molecule has 1 aromatic carbocycles. The quantitative estimate of drug-likeness (QED) is 0.743. The molecule has 4 heteroatoms. The number of benzene rings is 1. The van der Waals surface area contributed by atoms with Gasteiger partial charge in [0.2, 0.25) is 5.91 Å². The normalized spacial score (nSPS) is 17.0. The van der Waals surface area contributed by atoms with Crippen molar-refractivity contribution in [1.82, 2.24) is 5.32 Å². The first-order valence-corrected chi connectivity index (χ1v) is 7.38. The zero-order valence-corrected chi connectivity index (χ0v) is 12.0. The highest BCUT2D eigenvalue weighted by molar-refractivity contribution is 5.75. The van der Waals surface area contributed by atoms with Gasteiger partial charge < -0.3 is 15.5 Å². The Bertz CT molecular complexity index is 485. The summed E-state index contributed by atoms with van der Waals surface area (Å²) in [4.78, 5) is 11.3. The molecule has 1 aromatic rings. The van der Waals surface area contributed by atoms with E-state index in [2.05, 4.69) is 5.32 Å². The lowest BCUT2D eigenvalue weighted by molar-refractivity contribution is -0.120. The number of phenols is 1. The number of aliphatic hydroxyl groups excluding tert-OH is 1. The van der Waals surface area contributed by atoms with Crippen LogP contribution >= 0.6 is 0 Å². The molecule has 4 nitrogen and oxygen atoms in total. The van der Waals surface area contributed by atoms with Gasteiger partial charge in [-0.25, -0.2) is 0 Å². The molecule has 0 spiro atoms. The fraction of sp³-hybridized carbons (Fsp3) is 0.562. The fourth-order valence-electron chi connectivity index (χ4n) is 3.08. The molecule has 110 valence electrons. The number of rotatable bonds is 6. The molecule has 0 heterocycles. The summed E-state index contributed by atoms with van der Waals surface area (Å²) in [6.07, 6.45) is 3.96. The summed E-state index contributed by atoms with van der Waals surface area (Å²) in [5, 5.41) is 22.1. The van der Waals surface area contributed by atoms with Crippen molar-refractivity contribution in [2.45, 2.75) is 44.9 Å². The summed E-state index contributed by atoms with van der Waals surface area (Å²) < 4.78 is 0. The van der Waals surface area contributed by atoms with Crippen LogP contribution in [0.5, 0.6) is 5.75 Å². The van der Waals surface area contributed by atoms with Crippen LogP contribution in [-0.2, 0) is 17.6 Å². The Morgan fingerprint density at radius 1 is 1.45 bits per heavy atom. The molecule has 0 aromatic heterocycles. The predicted molar refractivity (Wildman–Crippen MR) is 77.9 cm³/mol. The van der Waals surface area contributed by atoms with Crippen molar-refractivity contribution < 1.29 is 15.0 Å². The van der Waals surface area contributed by atoms with Crippen LogP contribution in [0, 0.1) is 0 Å². The van der Waals surface area contributed by atoms with Crippen molar-refractivity contribution in [2.24, 2.45) is 0 Å². The molecule has 0 saturated heterocycles. The number of aromatic hydroxyl groups is 1. The first kappa shape index (κ1) is 14.9. The lowest BCUT2D eigenvalue weighted by Crippen LogP contribution is -2.24. The molecular weight excluding hydrogens is 254 g/mol. The third-order valence-corrected chi connectivity index (χ3v) is 4.09. The first-order valence-electron chi connectivity index (χ1n) is 7.38. The van der Waals surface area contributed by atoms with Gasteiger partial charge in [0.15, 0.2) is 0 Å². The minimum Gasteiger partial charge on any atom is -0.508 e. The van der Waals surface area contributed by atoms with Gasteiger partial charge in [0, 0.05) is 19.6 Å². The minimum atomic E-state index is 0.0449. The van der Waals surface area contributed by atoms with Gasteiger partial charge in [-0.3, -0.25) is 4.79 Å². The third kappa shape index (κ3) is 3.12. The smallest absolute Gasteiger partial charge is 0.219 e. The Kier molecular flexibility index (Phi) is 5.01. The number of aryl methyl sites for hydroxylation is 1. The van der Waals surface area contributed by atoms with E-state index >= 15 is 0 Å². The number of amides is 1. The van der Waals surface area contributed by atoms with E-state index in [1.54, 1.807) is 6.07 Å². The summed E-state index contributed by atoms with van der Waals surface area (Å²) in [6.45, 7) is 2.56. The molecule has 0 fully saturated rings. The van der Waals surface area contributed by atoms with E-state index in [1.807, 2.05) is 13.0 Å². The average molecular weight is 277 g/mol. The van der Waals surface area contributed by atoms with Crippen LogP contribution in [-0.4, -0.2) is 29.3 Å². The molecule has 0 radical (unpaired) electrons. The van der Waals surface area contributed by atoms with Crippen molar-refractivity contribution in [3.05, 3.63) is 28.8 Å². The topological polar surface area (TPSA) is 69.6 Å². The van der Waals surface area contributed by atoms with E-state index in [1.165, 1.54) is 11.1 Å². The van der Waals surface area contributed by atoms with Crippen LogP contribution in [0.25, 0.3) is 0 Å². The first-order chi connectivity index (χ1) is 9.67. The highest BCUT2D eigenvalue weighted by Gasteiger charge is 2.26. The van der Waals surface area contributed by atoms with Crippen molar-refractivity contribution >= 4 is 5.91 Å². The van der Waals surface area contributed by atoms with Gasteiger partial charge in [-0.15, -0.1) is 0 Å². The monoisotopic (exact) mass is 277 g/mol. The standard InChI is InChI=1S/C16H23NO3/c1-2-15(20)17-9-7-12-4-3-11-5-6-14(19)13(8-10-18)16(11)12/h5-6,12,18-19H,2-4,7-10H2,1H3,(H,17,20)/t12-/m1/s1. The van der Waals surface area contributed by atoms with Crippen LogP contribution < -0.4 is 5.32 Å². The molecule has 0 saturated carbocycles. The second-order valence-corrected chi connectivity index (χ2v) is 5.34. The Balaban J connectivity index is 2.10. The molecule has 1 aliphatic rings. The largest absolute Gasteiger partial charge is 0.508 e. The van der Waals surface area contributed by atoms with Crippen LogP contribution in [0.3, 0.4) is 0 Å². The average Bonchev–Trinajstić information content (AvgIpc) is 2.85. The molecule has 0 aliphatic heterocycles. The number of phenolic OH excluding ortho intramolecular Hbond substituents is 1. The molecule has 20 heavy (non-hydrogen) atoms. The maximum Gasteiger partial charge on any atom is 0.219 e. The minimum absolute atomic E-state index is 0.0449. The van der Waals surface area contributed by atoms with Gasteiger partial charge in [-0.05, 0) is 54.4 Å². The molecule has 1 aliphatic carbocycles. The maximum absolute atomic E-state index is 11.3. The van der Waals surface area contributed by atoms with Crippen molar-refractivity contribution in [1.29, 1.82) is 0 Å². The fourth-order valence-corrected chi connectivity index (χ4v) is 3.08. The van der Waals surface area contributed by atoms with Crippen molar-refractivity contribution in [3.63, 3.8) is 0 Å². The molecular formula is C16H23NO3. The second-order valence-electron chi connectivity index (χ2n) is 5.34. The highest BCUT2D eigenvalue weighted by Crippen LogP contribution is 2.40. The summed E-state index contributed by atoms with van der Waals surface area (Å²) in [5.74, 6) is 0.729. The Hall–Kier alpha value is -1.55. The van der Waals surface area contributed by atoms with E-state index in [-0.39, 0.29) is 18.3 Å². The molecule has 0 unspecified atom stereocenters. The lowest BCUT2D eigenvalue weighted by Gasteiger charge is -2.17. The Morgan fingerprint density at radius 3 is 2.95 bits per heavy atom. The van der Waals surface area contributed by atoms with Crippen LogP contribution in [0.1, 0.15) is 48.8 Å². The number of fused-ring (bicyclic) bond motifs is 1. The van der Waals surface area contributed by atoms with Gasteiger partial charge in [0.1, 0.15) is 5.75 Å². The summed E-state index contributed by atoms with van der Waals surface area (Å²) in [5.41, 5.74) is 3.36. The molecule has 1 amide bonds. The zero-order chi connectivity index (χ0) is 14.5. The summed E-state index contributed by atoms with van der Waals surface area (Å²) >= 11 is 0. The van der Waals surface area contributed by atoms with Gasteiger partial charge in [-0.1, -0.05) is 13.0 Å². The van der Waals surface area contributed by atoms with Crippen LogP contribution in [0.4, 0.5) is 0 Å². The summed E-state index contributed by atoms with van der Waals surface area (Å²) in [6, 6.07) is 3.71. The number of carbonyl (C=O) groups excluding carboxylic acids is 1. The van der Waals surface area contributed by atoms with Gasteiger partial charge in [-0.2, -0.15) is 0 Å². The van der Waals surface area contributed by atoms with Crippen molar-refractivity contribution in [3.8, 4) is 5.75 Å². The number of hydrogen-bond acceptors (Lipinski definition) is 3. The van der Waals surface area contributed by atoms with E-state index in [0.717, 1.165) is 24.8 Å². The van der Waals surface area contributed by atoms with Crippen LogP contribution in [0.15, 0.2) is 12.1 Å². The summed E-state index contributed by atoms with van der Waals surface area (Å²) in [7, 11) is 0. The molecule has 1 atom stereocenters. The van der Waals surface area contributed by atoms with E-state index in [4.69, 9.17) is 0 Å². The number of aliphatic hydroxyl groups is 1. The number of carbonyl (C=O) groups is 1. The SMILES string of the molecule is CCC(=O)NCC[C@H]1CCc2ccc(O)c(CCO)c21. The lowest BCUT2D eigenvalue weighted by atomic mass is 9.91. The molecule has 3 N–H and O–H groups in total. The number of hydrogen-bond donors (Lipinski definition) is 3. The zero-order valence-electron chi connectivity index (χ0n) is 12.0. The third-order valence-electron chi connectivity index (χ3n) is 4.09. The highest BCUT2D eigenvalue weighted by atomic mass is 16.3. The molecule has 2 rings (SSSR count). The second kappa shape index (κ2) is 6.75. The van der Waals surface area contributed by atoms with Crippen molar-refractivity contribution in [2.75, 3.05) is 13.2 Å². The maximum atomic E-state index is 11.3. The number of nitrogens with one attached hydrogen (secondary N) is 1. The van der Waals surface area contributed by atoms with E-state index < -0.39 is 0 Å². The Morgan fingerprint density at radius 2 is 2.25 bits per heavy atom. The Labute approximate surface area is 119 Å². The van der Waals surface area contributed by atoms with Gasteiger partial charge in [0.05, 0.1) is 0 Å². The van der Waals surface area contributed by atoms with Crippen LogP contribution in [0.2, 0.25) is 0 Å². The van der Waals surface area contributed by atoms with Gasteiger partial charge >= 0.3 is 0 Å². The molecule has 0 bridgehead atoms. The predicted octanol–water partition coefficient (Wildman–Crippen LogP) is 1.87. The van der Waals surface area contributed by atoms with E-state index in [0.29, 0.717) is 25.3 Å². The van der Waals surface area contributed by atoms with Gasteiger partial charge in [0.25, 0.3) is 0 Å².